The Hall–Kier alpha value is -2.15. The molecule has 0 radical (unpaired) electrons. The zero-order chi connectivity index (χ0) is 16.7. The highest BCUT2D eigenvalue weighted by Gasteiger charge is 2.27. The first-order valence-electron chi connectivity index (χ1n) is 8.10. The zero-order valence-corrected chi connectivity index (χ0v) is 14.0. The summed E-state index contributed by atoms with van der Waals surface area (Å²) in [5.41, 5.74) is 0.780. The van der Waals surface area contributed by atoms with Gasteiger partial charge in [0, 0.05) is 12.1 Å². The normalized spacial score (nSPS) is 16.2. The molecule has 1 aliphatic rings. The first-order valence-corrected chi connectivity index (χ1v) is 8.10. The molecule has 0 saturated heterocycles. The molecular weight excluding hydrogens is 290 g/mol. The number of amides is 1. The van der Waals surface area contributed by atoms with Gasteiger partial charge in [-0.2, -0.15) is 0 Å². The molecule has 1 aromatic rings. The third-order valence-electron chi connectivity index (χ3n) is 4.47. The average molecular weight is 315 g/mol. The Bertz CT molecular complexity index is 583. The number of benzene rings is 1. The summed E-state index contributed by atoms with van der Waals surface area (Å²) in [6.45, 7) is 3.13. The summed E-state index contributed by atoms with van der Waals surface area (Å²) in [6.07, 6.45) is 11.3. The number of hydrogen-bond donors (Lipinski definition) is 1. The molecule has 1 fully saturated rings. The van der Waals surface area contributed by atoms with Crippen molar-refractivity contribution in [2.75, 3.05) is 20.3 Å². The largest absolute Gasteiger partial charge is 0.493 e. The number of methoxy groups -OCH3 is 1. The van der Waals surface area contributed by atoms with Gasteiger partial charge in [0.05, 0.1) is 7.11 Å². The lowest BCUT2D eigenvalue weighted by atomic mass is 9.76. The van der Waals surface area contributed by atoms with Gasteiger partial charge in [0.1, 0.15) is 6.61 Å². The Morgan fingerprint density at radius 2 is 2.04 bits per heavy atom. The van der Waals surface area contributed by atoms with Crippen molar-refractivity contribution in [2.24, 2.45) is 5.41 Å². The predicted octanol–water partition coefficient (Wildman–Crippen LogP) is 3.41. The predicted molar refractivity (Wildman–Crippen MR) is 90.8 cm³/mol. The molecule has 124 valence electrons. The van der Waals surface area contributed by atoms with Crippen LogP contribution in [0.2, 0.25) is 0 Å². The minimum absolute atomic E-state index is 0.0846. The van der Waals surface area contributed by atoms with Crippen molar-refractivity contribution in [3.05, 3.63) is 23.8 Å². The second kappa shape index (κ2) is 7.92. The number of hydrogen-bond acceptors (Lipinski definition) is 3. The zero-order valence-electron chi connectivity index (χ0n) is 14.0. The van der Waals surface area contributed by atoms with E-state index in [1.54, 1.807) is 25.3 Å². The van der Waals surface area contributed by atoms with Crippen molar-refractivity contribution in [1.82, 2.24) is 5.32 Å². The van der Waals surface area contributed by atoms with Crippen LogP contribution < -0.4 is 14.8 Å². The van der Waals surface area contributed by atoms with Gasteiger partial charge in [-0.25, -0.2) is 0 Å². The van der Waals surface area contributed by atoms with Gasteiger partial charge >= 0.3 is 0 Å². The highest BCUT2D eigenvalue weighted by molar-refractivity contribution is 5.94. The van der Waals surface area contributed by atoms with Crippen LogP contribution in [0.5, 0.6) is 11.5 Å². The van der Waals surface area contributed by atoms with Crippen LogP contribution in [0.1, 0.15) is 49.4 Å². The molecule has 0 unspecified atom stereocenters. The van der Waals surface area contributed by atoms with E-state index in [0.717, 1.165) is 0 Å². The molecule has 1 aromatic carbocycles. The third kappa shape index (κ3) is 4.66. The first-order chi connectivity index (χ1) is 11.1. The van der Waals surface area contributed by atoms with E-state index in [1.807, 2.05) is 0 Å². The molecule has 23 heavy (non-hydrogen) atoms. The molecule has 0 bridgehead atoms. The van der Waals surface area contributed by atoms with Crippen LogP contribution in [0.15, 0.2) is 18.2 Å². The van der Waals surface area contributed by atoms with E-state index in [-0.39, 0.29) is 17.9 Å². The average Bonchev–Trinajstić information content (AvgIpc) is 2.58. The maximum absolute atomic E-state index is 12.4. The minimum Gasteiger partial charge on any atom is -0.493 e. The number of terminal acetylenes is 1. The monoisotopic (exact) mass is 315 g/mol. The lowest BCUT2D eigenvalue weighted by molar-refractivity contribution is 0.0919. The van der Waals surface area contributed by atoms with Gasteiger partial charge in [0.25, 0.3) is 5.91 Å². The van der Waals surface area contributed by atoms with E-state index in [4.69, 9.17) is 15.9 Å². The Morgan fingerprint density at radius 3 is 2.70 bits per heavy atom. The van der Waals surface area contributed by atoms with E-state index < -0.39 is 0 Å². The molecule has 0 heterocycles. The standard InChI is InChI=1S/C19H25NO3/c1-4-12-23-16-9-8-15(13-17(16)22-3)18(21)20-14-19(2)10-6-5-7-11-19/h1,8-9,13H,5-7,10-12,14H2,2-3H3,(H,20,21). The summed E-state index contributed by atoms with van der Waals surface area (Å²) in [6, 6.07) is 5.13. The van der Waals surface area contributed by atoms with Gasteiger partial charge < -0.3 is 14.8 Å². The third-order valence-corrected chi connectivity index (χ3v) is 4.47. The fourth-order valence-corrected chi connectivity index (χ4v) is 3.03. The van der Waals surface area contributed by atoms with E-state index in [0.29, 0.717) is 23.6 Å². The second-order valence-corrected chi connectivity index (χ2v) is 6.41. The molecule has 0 spiro atoms. The van der Waals surface area contributed by atoms with Crippen LogP contribution in [-0.2, 0) is 0 Å². The maximum atomic E-state index is 12.4. The molecule has 0 atom stereocenters. The van der Waals surface area contributed by atoms with Crippen molar-refractivity contribution in [3.63, 3.8) is 0 Å². The molecule has 1 amide bonds. The Balaban J connectivity index is 2.00. The summed E-state index contributed by atoms with van der Waals surface area (Å²) >= 11 is 0. The van der Waals surface area contributed by atoms with Crippen molar-refractivity contribution >= 4 is 5.91 Å². The minimum atomic E-state index is -0.0846. The maximum Gasteiger partial charge on any atom is 0.251 e. The van der Waals surface area contributed by atoms with Crippen LogP contribution >= 0.6 is 0 Å². The molecule has 4 heteroatoms. The van der Waals surface area contributed by atoms with E-state index in [1.165, 1.54) is 32.1 Å². The SMILES string of the molecule is C#CCOc1ccc(C(=O)NCC2(C)CCCCC2)cc1OC. The smallest absolute Gasteiger partial charge is 0.251 e. The fourth-order valence-electron chi connectivity index (χ4n) is 3.03. The lowest BCUT2D eigenvalue weighted by Gasteiger charge is -2.33. The van der Waals surface area contributed by atoms with Crippen LogP contribution in [-0.4, -0.2) is 26.2 Å². The number of nitrogens with one attached hydrogen (secondary N) is 1. The van der Waals surface area contributed by atoms with Gasteiger partial charge in [0.2, 0.25) is 0 Å². The topological polar surface area (TPSA) is 47.6 Å². The van der Waals surface area contributed by atoms with Crippen molar-refractivity contribution in [3.8, 4) is 23.8 Å². The van der Waals surface area contributed by atoms with Crippen molar-refractivity contribution < 1.29 is 14.3 Å². The van der Waals surface area contributed by atoms with Gasteiger partial charge in [-0.3, -0.25) is 4.79 Å². The van der Waals surface area contributed by atoms with E-state index in [2.05, 4.69) is 18.2 Å². The van der Waals surface area contributed by atoms with Gasteiger partial charge in [-0.1, -0.05) is 32.1 Å². The van der Waals surface area contributed by atoms with Crippen LogP contribution in [0.25, 0.3) is 0 Å². The molecule has 1 aliphatic carbocycles. The van der Waals surface area contributed by atoms with Gasteiger partial charge in [0.15, 0.2) is 11.5 Å². The van der Waals surface area contributed by atoms with Crippen LogP contribution in [0.3, 0.4) is 0 Å². The van der Waals surface area contributed by atoms with E-state index in [9.17, 15) is 4.79 Å². The first kappa shape index (κ1) is 17.2. The summed E-state index contributed by atoms with van der Waals surface area (Å²) in [7, 11) is 1.54. The molecule has 0 aromatic heterocycles. The highest BCUT2D eigenvalue weighted by Crippen LogP contribution is 2.35. The molecule has 1 saturated carbocycles. The number of carbonyl (C=O) groups excluding carboxylic acids is 1. The van der Waals surface area contributed by atoms with Crippen molar-refractivity contribution in [2.45, 2.75) is 39.0 Å². The summed E-state index contributed by atoms with van der Waals surface area (Å²) in [5, 5.41) is 3.06. The number of carbonyl (C=O) groups is 1. The molecule has 0 aliphatic heterocycles. The number of ether oxygens (including phenoxy) is 2. The molecular formula is C19H25NO3. The van der Waals surface area contributed by atoms with Gasteiger partial charge in [-0.05, 0) is 36.5 Å². The summed E-state index contributed by atoms with van der Waals surface area (Å²) < 4.78 is 10.7. The molecule has 2 rings (SSSR count). The molecule has 4 nitrogen and oxygen atoms in total. The Morgan fingerprint density at radius 1 is 1.30 bits per heavy atom. The lowest BCUT2D eigenvalue weighted by Crippen LogP contribution is -2.37. The van der Waals surface area contributed by atoms with E-state index >= 15 is 0 Å². The highest BCUT2D eigenvalue weighted by atomic mass is 16.5. The fraction of sp³-hybridized carbons (Fsp3) is 0.526. The molecule has 1 N–H and O–H groups in total. The van der Waals surface area contributed by atoms with Crippen LogP contribution in [0.4, 0.5) is 0 Å². The number of rotatable bonds is 6. The quantitative estimate of drug-likeness (QED) is 0.818. The Labute approximate surface area is 138 Å². The summed E-state index contributed by atoms with van der Waals surface area (Å²) in [4.78, 5) is 12.4. The second-order valence-electron chi connectivity index (χ2n) is 6.41. The van der Waals surface area contributed by atoms with Crippen LogP contribution in [0, 0.1) is 17.8 Å². The Kier molecular flexibility index (Phi) is 5.92. The van der Waals surface area contributed by atoms with Gasteiger partial charge in [-0.15, -0.1) is 6.42 Å². The van der Waals surface area contributed by atoms with Crippen molar-refractivity contribution in [1.29, 1.82) is 0 Å². The summed E-state index contributed by atoms with van der Waals surface area (Å²) in [5.74, 6) is 3.38.